The number of pyridine rings is 1. The molecule has 0 saturated carbocycles. The Labute approximate surface area is 182 Å². The Morgan fingerprint density at radius 3 is 2.69 bits per heavy atom. The van der Waals surface area contributed by atoms with E-state index >= 15 is 0 Å². The fourth-order valence-electron chi connectivity index (χ4n) is 5.22. The highest BCUT2D eigenvalue weighted by Gasteiger charge is 2.42. The zero-order chi connectivity index (χ0) is 22.0. The molecule has 2 aromatic rings. The third-order valence-electron chi connectivity index (χ3n) is 6.90. The highest BCUT2D eigenvalue weighted by molar-refractivity contribution is 5.67. The number of rotatable bonds is 3. The number of ether oxygens (including phenoxy) is 2. The number of nitrogens with zero attached hydrogens (tertiary/aromatic N) is 5. The molecule has 2 N–H and O–H groups in total. The Balaban J connectivity index is 1.41. The summed E-state index contributed by atoms with van der Waals surface area (Å²) in [6, 6.07) is 2.97. The monoisotopic (exact) mass is 448 g/mol. The number of hydrogen-bond donors (Lipinski definition) is 1. The largest absolute Gasteiger partial charge is 0.419 e. The van der Waals surface area contributed by atoms with E-state index in [9.17, 15) is 13.2 Å². The molecule has 32 heavy (non-hydrogen) atoms. The lowest BCUT2D eigenvalue weighted by Gasteiger charge is -2.29. The van der Waals surface area contributed by atoms with Gasteiger partial charge in [0.2, 0.25) is 5.95 Å². The highest BCUT2D eigenvalue weighted by Crippen LogP contribution is 2.38. The molecule has 4 fully saturated rings. The zero-order valence-electron chi connectivity index (χ0n) is 17.3. The molecule has 2 unspecified atom stereocenters. The maximum Gasteiger partial charge on any atom is 0.419 e. The molecule has 4 aliphatic heterocycles. The summed E-state index contributed by atoms with van der Waals surface area (Å²) in [7, 11) is 0. The minimum atomic E-state index is -4.60. The van der Waals surface area contributed by atoms with Crippen molar-refractivity contribution in [2.75, 3.05) is 48.4 Å². The Hall–Kier alpha value is -2.66. The van der Waals surface area contributed by atoms with Gasteiger partial charge >= 0.3 is 6.18 Å². The molecular formula is C21H23F3N6O2. The van der Waals surface area contributed by atoms with Crippen LogP contribution in [-0.2, 0) is 15.7 Å². The maximum absolute atomic E-state index is 13.4. The van der Waals surface area contributed by atoms with Gasteiger partial charge in [0, 0.05) is 50.0 Å². The summed E-state index contributed by atoms with van der Waals surface area (Å²) in [4.78, 5) is 17.5. The molecule has 6 rings (SSSR count). The second-order valence-corrected chi connectivity index (χ2v) is 8.93. The minimum Gasteiger partial charge on any atom is -0.383 e. The van der Waals surface area contributed by atoms with Crippen LogP contribution in [0.5, 0.6) is 0 Å². The van der Waals surface area contributed by atoms with E-state index < -0.39 is 17.6 Å². The molecule has 6 heterocycles. The van der Waals surface area contributed by atoms with Gasteiger partial charge in [0.15, 0.2) is 0 Å². The summed E-state index contributed by atoms with van der Waals surface area (Å²) in [6.07, 6.45) is -1.02. The number of aromatic nitrogens is 3. The van der Waals surface area contributed by atoms with Crippen molar-refractivity contribution in [1.82, 2.24) is 15.0 Å². The van der Waals surface area contributed by atoms with Crippen molar-refractivity contribution < 1.29 is 22.6 Å². The minimum absolute atomic E-state index is 0.150. The van der Waals surface area contributed by atoms with Crippen molar-refractivity contribution in [3.05, 3.63) is 23.9 Å². The van der Waals surface area contributed by atoms with Crippen molar-refractivity contribution in [2.24, 2.45) is 5.92 Å². The van der Waals surface area contributed by atoms with Crippen molar-refractivity contribution >= 4 is 17.6 Å². The van der Waals surface area contributed by atoms with Gasteiger partial charge in [-0.15, -0.1) is 0 Å². The van der Waals surface area contributed by atoms with Crippen molar-refractivity contribution in [3.63, 3.8) is 0 Å². The number of morpholine rings is 1. The second kappa shape index (κ2) is 7.17. The first-order chi connectivity index (χ1) is 15.3. The number of alkyl halides is 3. The van der Waals surface area contributed by atoms with Crippen LogP contribution in [-0.4, -0.2) is 66.0 Å². The van der Waals surface area contributed by atoms with Gasteiger partial charge in [0.1, 0.15) is 11.6 Å². The van der Waals surface area contributed by atoms with Crippen LogP contribution in [0.25, 0.3) is 11.3 Å². The van der Waals surface area contributed by atoms with Crippen LogP contribution in [0.15, 0.2) is 18.3 Å². The van der Waals surface area contributed by atoms with Crippen LogP contribution in [0, 0.1) is 5.92 Å². The number of fused-ring (bicyclic) bond motifs is 3. The summed E-state index contributed by atoms with van der Waals surface area (Å²) in [6.45, 7) is 3.56. The predicted octanol–water partition coefficient (Wildman–Crippen LogP) is 2.34. The third-order valence-corrected chi connectivity index (χ3v) is 6.90. The van der Waals surface area contributed by atoms with E-state index in [1.165, 1.54) is 6.20 Å². The molecule has 11 heteroatoms. The molecule has 0 amide bonds. The second-order valence-electron chi connectivity index (χ2n) is 8.93. The number of hydrogen-bond acceptors (Lipinski definition) is 8. The SMILES string of the molecule is Nc1ncc(-c2cc(N3C[C@@H]4C[C@H]3CO4)nc(N3CC4CCOC4C3)n2)cc1C(F)(F)F. The van der Waals surface area contributed by atoms with Crippen LogP contribution in [0.3, 0.4) is 0 Å². The summed E-state index contributed by atoms with van der Waals surface area (Å²) in [5.74, 6) is 1.08. The summed E-state index contributed by atoms with van der Waals surface area (Å²) in [5, 5.41) is 0. The van der Waals surface area contributed by atoms with Crippen LogP contribution in [0.4, 0.5) is 30.8 Å². The molecule has 8 nitrogen and oxygen atoms in total. The summed E-state index contributed by atoms with van der Waals surface area (Å²) >= 11 is 0. The van der Waals surface area contributed by atoms with Crippen molar-refractivity contribution in [2.45, 2.75) is 37.3 Å². The van der Waals surface area contributed by atoms with Crippen molar-refractivity contribution in [1.29, 1.82) is 0 Å². The molecule has 2 aromatic heterocycles. The van der Waals surface area contributed by atoms with Crippen molar-refractivity contribution in [3.8, 4) is 11.3 Å². The fraction of sp³-hybridized carbons (Fsp3) is 0.571. The third kappa shape index (κ3) is 3.34. The molecule has 170 valence electrons. The smallest absolute Gasteiger partial charge is 0.383 e. The molecule has 4 aliphatic rings. The first kappa shape index (κ1) is 20.0. The van der Waals surface area contributed by atoms with Gasteiger partial charge in [0.25, 0.3) is 0 Å². The molecule has 0 radical (unpaired) electrons. The molecule has 4 saturated heterocycles. The number of nitrogen functional groups attached to an aromatic ring is 1. The molecule has 0 spiro atoms. The standard InChI is InChI=1S/C21H23F3N6O2/c22-21(23,24)15-3-12(6-26-19(15)25)16-5-18(30-8-14-4-13(30)10-32-14)28-20(27-16)29-7-11-1-2-31-17(11)9-29/h3,5-6,11,13-14,17H,1-2,4,7-10H2,(H2,25,26)/t11?,13-,14-,17?/m0/s1. The quantitative estimate of drug-likeness (QED) is 0.766. The Morgan fingerprint density at radius 1 is 1.09 bits per heavy atom. The lowest BCUT2D eigenvalue weighted by atomic mass is 10.1. The van der Waals surface area contributed by atoms with E-state index in [1.807, 2.05) is 0 Å². The van der Waals surface area contributed by atoms with E-state index in [0.29, 0.717) is 43.1 Å². The summed E-state index contributed by atoms with van der Waals surface area (Å²) < 4.78 is 51.8. The Kier molecular flexibility index (Phi) is 4.48. The lowest BCUT2D eigenvalue weighted by Crippen LogP contribution is -2.38. The van der Waals surface area contributed by atoms with E-state index in [2.05, 4.69) is 19.8 Å². The van der Waals surface area contributed by atoms with Gasteiger partial charge in [-0.3, -0.25) is 0 Å². The number of anilines is 3. The molecule has 0 aliphatic carbocycles. The van der Waals surface area contributed by atoms with Crippen LogP contribution >= 0.6 is 0 Å². The van der Waals surface area contributed by atoms with E-state index in [1.54, 1.807) is 6.07 Å². The number of nitrogens with two attached hydrogens (primary N) is 1. The number of halogens is 3. The predicted molar refractivity (Wildman–Crippen MR) is 110 cm³/mol. The van der Waals surface area contributed by atoms with Gasteiger partial charge in [0.05, 0.1) is 36.1 Å². The lowest BCUT2D eigenvalue weighted by molar-refractivity contribution is -0.137. The van der Waals surface area contributed by atoms with Gasteiger partial charge in [-0.2, -0.15) is 18.2 Å². The van der Waals surface area contributed by atoms with Gasteiger partial charge < -0.3 is 25.0 Å². The summed E-state index contributed by atoms with van der Waals surface area (Å²) in [5.41, 5.74) is 5.18. The first-order valence-corrected chi connectivity index (χ1v) is 10.8. The van der Waals surface area contributed by atoms with Gasteiger partial charge in [-0.25, -0.2) is 9.97 Å². The Morgan fingerprint density at radius 2 is 1.97 bits per heavy atom. The average molecular weight is 448 g/mol. The van der Waals surface area contributed by atoms with E-state index in [-0.39, 0.29) is 23.8 Å². The van der Waals surface area contributed by atoms with E-state index in [4.69, 9.17) is 20.2 Å². The highest BCUT2D eigenvalue weighted by atomic mass is 19.4. The van der Waals surface area contributed by atoms with E-state index in [0.717, 1.165) is 32.1 Å². The van der Waals surface area contributed by atoms with Gasteiger partial charge in [-0.05, 0) is 18.9 Å². The maximum atomic E-state index is 13.4. The fourth-order valence-corrected chi connectivity index (χ4v) is 5.22. The normalized spacial score (nSPS) is 29.2. The molecule has 4 atom stereocenters. The molecule has 0 aromatic carbocycles. The molecular weight excluding hydrogens is 425 g/mol. The zero-order valence-corrected chi connectivity index (χ0v) is 17.3. The first-order valence-electron chi connectivity index (χ1n) is 10.8. The Bertz CT molecular complexity index is 1040. The van der Waals surface area contributed by atoms with Gasteiger partial charge in [-0.1, -0.05) is 0 Å². The topological polar surface area (TPSA) is 89.6 Å². The molecule has 2 bridgehead atoms. The van der Waals surface area contributed by atoms with Crippen LogP contribution < -0.4 is 15.5 Å². The average Bonchev–Trinajstić information content (AvgIpc) is 3.53. The van der Waals surface area contributed by atoms with Crippen LogP contribution in [0.1, 0.15) is 18.4 Å². The van der Waals surface area contributed by atoms with Crippen LogP contribution in [0.2, 0.25) is 0 Å².